The lowest BCUT2D eigenvalue weighted by atomic mass is 9.88. The van der Waals surface area contributed by atoms with E-state index in [1.165, 1.54) is 12.1 Å². The van der Waals surface area contributed by atoms with E-state index in [0.717, 1.165) is 5.75 Å². The molecule has 0 bridgehead atoms. The molecule has 1 amide bonds. The van der Waals surface area contributed by atoms with Crippen LogP contribution in [0.25, 0.3) is 0 Å². The van der Waals surface area contributed by atoms with Crippen molar-refractivity contribution in [1.29, 1.82) is 0 Å². The number of ether oxygens (including phenoxy) is 1. The Balaban J connectivity index is 1.60. The van der Waals surface area contributed by atoms with Crippen LogP contribution < -0.4 is 4.74 Å². The zero-order chi connectivity index (χ0) is 17.8. The quantitative estimate of drug-likeness (QED) is 0.869. The normalized spacial score (nSPS) is 15.0. The monoisotopic (exact) mass is 339 g/mol. The number of nitrogens with zero attached hydrogens (tertiary/aromatic N) is 1. The fraction of sp³-hybridized carbons (Fsp3) is 0.300. The minimum Gasteiger partial charge on any atom is -0.508 e. The number of benzene rings is 2. The highest BCUT2D eigenvalue weighted by molar-refractivity contribution is 5.98. The molecule has 0 atom stereocenters. The summed E-state index contributed by atoms with van der Waals surface area (Å²) >= 11 is 0. The summed E-state index contributed by atoms with van der Waals surface area (Å²) in [5, 5.41) is 9.32. The van der Waals surface area contributed by atoms with E-state index in [1.54, 1.807) is 48.4 Å². The van der Waals surface area contributed by atoms with Gasteiger partial charge in [0.2, 0.25) is 0 Å². The molecule has 130 valence electrons. The second-order valence-corrected chi connectivity index (χ2v) is 6.21. The number of ketones is 1. The summed E-state index contributed by atoms with van der Waals surface area (Å²) < 4.78 is 5.11. The lowest BCUT2D eigenvalue weighted by Gasteiger charge is -2.31. The number of Topliss-reactive ketones (excluding diaryl/α,β-unsaturated/α-hetero) is 1. The highest BCUT2D eigenvalue weighted by atomic mass is 16.5. The van der Waals surface area contributed by atoms with E-state index in [4.69, 9.17) is 4.74 Å². The van der Waals surface area contributed by atoms with Gasteiger partial charge in [0.25, 0.3) is 5.91 Å². The molecule has 1 aliphatic heterocycles. The highest BCUT2D eigenvalue weighted by Crippen LogP contribution is 2.24. The first-order valence-electron chi connectivity index (χ1n) is 8.35. The predicted octanol–water partition coefficient (Wildman–Crippen LogP) is 3.14. The van der Waals surface area contributed by atoms with Crippen LogP contribution in [-0.2, 0) is 0 Å². The van der Waals surface area contributed by atoms with Gasteiger partial charge in [-0.2, -0.15) is 0 Å². The SMILES string of the molecule is COc1ccc(C(=O)N2CCC(C(=O)c3ccc(O)cc3)CC2)cc1. The van der Waals surface area contributed by atoms with Crippen LogP contribution in [0.4, 0.5) is 0 Å². The van der Waals surface area contributed by atoms with E-state index >= 15 is 0 Å². The second kappa shape index (κ2) is 7.38. The summed E-state index contributed by atoms with van der Waals surface area (Å²) in [4.78, 5) is 26.9. The number of hydrogen-bond donors (Lipinski definition) is 1. The van der Waals surface area contributed by atoms with Crippen molar-refractivity contribution in [3.05, 3.63) is 59.7 Å². The van der Waals surface area contributed by atoms with Gasteiger partial charge in [0.05, 0.1) is 7.11 Å². The third-order valence-electron chi connectivity index (χ3n) is 4.64. The molecule has 1 saturated heterocycles. The minimum atomic E-state index is -0.0792. The molecule has 3 rings (SSSR count). The van der Waals surface area contributed by atoms with Crippen molar-refractivity contribution in [3.8, 4) is 11.5 Å². The Bertz CT molecular complexity index is 744. The Morgan fingerprint density at radius 2 is 1.52 bits per heavy atom. The van der Waals surface area contributed by atoms with E-state index in [0.29, 0.717) is 37.1 Å². The second-order valence-electron chi connectivity index (χ2n) is 6.21. The third-order valence-corrected chi connectivity index (χ3v) is 4.64. The average Bonchev–Trinajstić information content (AvgIpc) is 2.67. The average molecular weight is 339 g/mol. The molecule has 0 aromatic heterocycles. The number of aromatic hydroxyl groups is 1. The van der Waals surface area contributed by atoms with Crippen LogP contribution in [0.15, 0.2) is 48.5 Å². The van der Waals surface area contributed by atoms with Crippen molar-refractivity contribution < 1.29 is 19.4 Å². The van der Waals surface area contributed by atoms with Gasteiger partial charge in [-0.05, 0) is 61.4 Å². The molecule has 2 aromatic rings. The number of phenols is 1. The smallest absolute Gasteiger partial charge is 0.253 e. The van der Waals surface area contributed by atoms with Gasteiger partial charge in [-0.3, -0.25) is 9.59 Å². The van der Waals surface area contributed by atoms with Crippen LogP contribution in [0.1, 0.15) is 33.6 Å². The number of rotatable bonds is 4. The van der Waals surface area contributed by atoms with Crippen LogP contribution >= 0.6 is 0 Å². The summed E-state index contributed by atoms with van der Waals surface area (Å²) in [6, 6.07) is 13.4. The van der Waals surface area contributed by atoms with Gasteiger partial charge in [-0.15, -0.1) is 0 Å². The maximum Gasteiger partial charge on any atom is 0.253 e. The Labute approximate surface area is 146 Å². The first-order valence-corrected chi connectivity index (χ1v) is 8.35. The van der Waals surface area contributed by atoms with Gasteiger partial charge in [0, 0.05) is 30.1 Å². The third kappa shape index (κ3) is 3.82. The topological polar surface area (TPSA) is 66.8 Å². The number of methoxy groups -OCH3 is 1. The van der Waals surface area contributed by atoms with Gasteiger partial charge >= 0.3 is 0 Å². The van der Waals surface area contributed by atoms with Crippen LogP contribution in [0.5, 0.6) is 11.5 Å². The summed E-state index contributed by atoms with van der Waals surface area (Å²) in [7, 11) is 1.59. The van der Waals surface area contributed by atoms with Gasteiger partial charge in [0.1, 0.15) is 11.5 Å². The minimum absolute atomic E-state index is 0.0156. The van der Waals surface area contributed by atoms with Gasteiger partial charge in [-0.1, -0.05) is 0 Å². The first-order chi connectivity index (χ1) is 12.1. The van der Waals surface area contributed by atoms with Gasteiger partial charge in [0.15, 0.2) is 5.78 Å². The van der Waals surface area contributed by atoms with Crippen molar-refractivity contribution in [2.24, 2.45) is 5.92 Å². The van der Waals surface area contributed by atoms with Crippen molar-refractivity contribution in [1.82, 2.24) is 4.90 Å². The molecule has 1 aliphatic rings. The summed E-state index contributed by atoms with van der Waals surface area (Å²) in [6.07, 6.45) is 1.31. The highest BCUT2D eigenvalue weighted by Gasteiger charge is 2.28. The summed E-state index contributed by atoms with van der Waals surface area (Å²) in [6.45, 7) is 1.14. The van der Waals surface area contributed by atoms with Crippen molar-refractivity contribution in [2.75, 3.05) is 20.2 Å². The lowest BCUT2D eigenvalue weighted by molar-refractivity contribution is 0.0650. The Morgan fingerprint density at radius 1 is 0.960 bits per heavy atom. The van der Waals surface area contributed by atoms with E-state index in [-0.39, 0.29) is 23.4 Å². The molecule has 0 radical (unpaired) electrons. The molecule has 0 unspecified atom stereocenters. The molecule has 25 heavy (non-hydrogen) atoms. The summed E-state index contributed by atoms with van der Waals surface area (Å²) in [5.41, 5.74) is 1.24. The Morgan fingerprint density at radius 3 is 2.08 bits per heavy atom. The lowest BCUT2D eigenvalue weighted by Crippen LogP contribution is -2.40. The number of phenolic OH excluding ortho intramolecular Hbond substituents is 1. The van der Waals surface area contributed by atoms with E-state index in [2.05, 4.69) is 0 Å². The van der Waals surface area contributed by atoms with Crippen LogP contribution in [0.3, 0.4) is 0 Å². The fourth-order valence-corrected chi connectivity index (χ4v) is 3.12. The number of hydrogen-bond acceptors (Lipinski definition) is 4. The van der Waals surface area contributed by atoms with Gasteiger partial charge < -0.3 is 14.7 Å². The van der Waals surface area contributed by atoms with E-state index in [9.17, 15) is 14.7 Å². The molecule has 0 spiro atoms. The van der Waals surface area contributed by atoms with Crippen molar-refractivity contribution in [3.63, 3.8) is 0 Å². The molecule has 1 heterocycles. The van der Waals surface area contributed by atoms with Crippen LogP contribution in [0, 0.1) is 5.92 Å². The predicted molar refractivity (Wildman–Crippen MR) is 94.1 cm³/mol. The molecule has 5 nitrogen and oxygen atoms in total. The molecule has 1 fully saturated rings. The van der Waals surface area contributed by atoms with Crippen molar-refractivity contribution in [2.45, 2.75) is 12.8 Å². The fourth-order valence-electron chi connectivity index (χ4n) is 3.12. The molecule has 1 N–H and O–H groups in total. The number of likely N-dealkylation sites (tertiary alicyclic amines) is 1. The van der Waals surface area contributed by atoms with E-state index in [1.807, 2.05) is 0 Å². The number of carbonyl (C=O) groups is 2. The molecular formula is C20H21NO4. The number of piperidine rings is 1. The zero-order valence-corrected chi connectivity index (χ0v) is 14.1. The maximum atomic E-state index is 12.6. The van der Waals surface area contributed by atoms with E-state index < -0.39 is 0 Å². The standard InChI is InChI=1S/C20H21NO4/c1-25-18-8-4-16(5-9-18)20(24)21-12-10-15(11-13-21)19(23)14-2-6-17(22)7-3-14/h2-9,15,22H,10-13H2,1H3. The van der Waals surface area contributed by atoms with Crippen LogP contribution in [0.2, 0.25) is 0 Å². The number of amides is 1. The Kier molecular flexibility index (Phi) is 5.03. The van der Waals surface area contributed by atoms with Gasteiger partial charge in [-0.25, -0.2) is 0 Å². The molecule has 2 aromatic carbocycles. The Hall–Kier alpha value is -2.82. The molecular weight excluding hydrogens is 318 g/mol. The molecule has 0 saturated carbocycles. The number of carbonyl (C=O) groups excluding carboxylic acids is 2. The van der Waals surface area contributed by atoms with Crippen molar-refractivity contribution >= 4 is 11.7 Å². The largest absolute Gasteiger partial charge is 0.508 e. The maximum absolute atomic E-state index is 12.6. The zero-order valence-electron chi connectivity index (χ0n) is 14.1. The first kappa shape index (κ1) is 17.0. The van der Waals surface area contributed by atoms with Crippen LogP contribution in [-0.4, -0.2) is 41.9 Å². The molecule has 5 heteroatoms. The molecule has 0 aliphatic carbocycles. The summed E-state index contributed by atoms with van der Waals surface area (Å²) in [5.74, 6) is 0.852.